The fourth-order valence-corrected chi connectivity index (χ4v) is 4.29. The number of rotatable bonds is 9. The zero-order valence-electron chi connectivity index (χ0n) is 24.0. The summed E-state index contributed by atoms with van der Waals surface area (Å²) in [6.45, 7) is 12.2. The number of hydrogen-bond donors (Lipinski definition) is 2. The summed E-state index contributed by atoms with van der Waals surface area (Å²) in [4.78, 5) is 24.8. The van der Waals surface area contributed by atoms with Gasteiger partial charge in [-0.3, -0.25) is 9.48 Å². The summed E-state index contributed by atoms with van der Waals surface area (Å²) in [6, 6.07) is 25.5. The van der Waals surface area contributed by atoms with Gasteiger partial charge in [0.2, 0.25) is 0 Å². The first-order valence-electron chi connectivity index (χ1n) is 13.4. The number of aryl methyl sites for hydroxylation is 1. The number of benzene rings is 3. The van der Waals surface area contributed by atoms with Gasteiger partial charge in [-0.05, 0) is 60.6 Å². The average Bonchev–Trinajstić information content (AvgIpc) is 3.32. The van der Waals surface area contributed by atoms with Crippen LogP contribution in [-0.2, 0) is 23.3 Å². The first-order valence-corrected chi connectivity index (χ1v) is 13.4. The Balaban J connectivity index is 1.55. The molecule has 4 rings (SSSR count). The third-order valence-corrected chi connectivity index (χ3v) is 6.81. The van der Waals surface area contributed by atoms with Crippen LogP contribution in [0.3, 0.4) is 0 Å². The van der Waals surface area contributed by atoms with Crippen molar-refractivity contribution < 1.29 is 19.4 Å². The lowest BCUT2D eigenvalue weighted by Crippen LogP contribution is -2.38. The molecular formula is C33H37N3O4. The number of aromatic nitrogens is 2. The van der Waals surface area contributed by atoms with E-state index in [0.717, 1.165) is 27.9 Å². The third kappa shape index (κ3) is 6.78. The molecule has 1 heterocycles. The van der Waals surface area contributed by atoms with Crippen molar-refractivity contribution in [1.29, 1.82) is 0 Å². The van der Waals surface area contributed by atoms with Gasteiger partial charge in [-0.1, -0.05) is 87.5 Å². The smallest absolute Gasteiger partial charge is 0.347 e. The molecule has 3 aromatic carbocycles. The minimum atomic E-state index is -1.34. The number of carbonyl (C=O) groups is 2. The standard InChI is InChI=1S/C33H37N3O4/c1-22-18-24(12-17-29(22)40-33(5,6)31(38)39)20-34-30(37)28-19-27(25-13-15-26(16-14-25)32(2,3)4)35-36(28)21-23-10-8-7-9-11-23/h7-19H,20-21H2,1-6H3,(H,34,37)(H,38,39). The molecule has 1 amide bonds. The fraction of sp³-hybridized carbons (Fsp3) is 0.303. The van der Waals surface area contributed by atoms with Gasteiger partial charge in [-0.15, -0.1) is 0 Å². The summed E-state index contributed by atoms with van der Waals surface area (Å²) in [5.74, 6) is -0.781. The van der Waals surface area contributed by atoms with Crippen molar-refractivity contribution in [3.05, 3.63) is 107 Å². The van der Waals surface area contributed by atoms with Crippen LogP contribution in [0.4, 0.5) is 0 Å². The Morgan fingerprint density at radius 3 is 2.17 bits per heavy atom. The quantitative estimate of drug-likeness (QED) is 0.258. The maximum absolute atomic E-state index is 13.4. The maximum Gasteiger partial charge on any atom is 0.347 e. The largest absolute Gasteiger partial charge is 0.478 e. The number of hydrogen-bond acceptors (Lipinski definition) is 4. The highest BCUT2D eigenvalue weighted by Crippen LogP contribution is 2.27. The van der Waals surface area contributed by atoms with Crippen molar-refractivity contribution in [3.8, 4) is 17.0 Å². The van der Waals surface area contributed by atoms with E-state index in [1.165, 1.54) is 19.4 Å². The Labute approximate surface area is 235 Å². The molecule has 7 heteroatoms. The highest BCUT2D eigenvalue weighted by Gasteiger charge is 2.30. The molecule has 0 bridgehead atoms. The van der Waals surface area contributed by atoms with E-state index in [2.05, 4.69) is 50.4 Å². The second-order valence-corrected chi connectivity index (χ2v) is 11.6. The van der Waals surface area contributed by atoms with Crippen molar-refractivity contribution in [2.75, 3.05) is 0 Å². The molecular weight excluding hydrogens is 502 g/mol. The molecule has 0 saturated carbocycles. The van der Waals surface area contributed by atoms with E-state index in [0.29, 0.717) is 24.5 Å². The molecule has 0 aliphatic heterocycles. The lowest BCUT2D eigenvalue weighted by atomic mass is 9.86. The minimum Gasteiger partial charge on any atom is -0.478 e. The zero-order chi connectivity index (χ0) is 29.1. The molecule has 0 radical (unpaired) electrons. The number of nitrogens with one attached hydrogen (secondary N) is 1. The van der Waals surface area contributed by atoms with Crippen LogP contribution < -0.4 is 10.1 Å². The molecule has 7 nitrogen and oxygen atoms in total. The van der Waals surface area contributed by atoms with Crippen molar-refractivity contribution in [2.45, 2.75) is 65.6 Å². The van der Waals surface area contributed by atoms with Gasteiger partial charge in [0.05, 0.1) is 12.2 Å². The highest BCUT2D eigenvalue weighted by molar-refractivity contribution is 5.93. The molecule has 208 valence electrons. The van der Waals surface area contributed by atoms with Crippen LogP contribution in [0.5, 0.6) is 5.75 Å². The Kier molecular flexibility index (Phi) is 8.14. The van der Waals surface area contributed by atoms with Gasteiger partial charge < -0.3 is 15.2 Å². The lowest BCUT2D eigenvalue weighted by Gasteiger charge is -2.23. The van der Waals surface area contributed by atoms with Gasteiger partial charge in [-0.25, -0.2) is 4.79 Å². The summed E-state index contributed by atoms with van der Waals surface area (Å²) in [5, 5.41) is 17.2. The predicted octanol–water partition coefficient (Wildman–Crippen LogP) is 6.38. The monoisotopic (exact) mass is 539 g/mol. The van der Waals surface area contributed by atoms with E-state index in [1.807, 2.05) is 55.5 Å². The molecule has 40 heavy (non-hydrogen) atoms. The van der Waals surface area contributed by atoms with Crippen molar-refractivity contribution in [2.24, 2.45) is 0 Å². The van der Waals surface area contributed by atoms with Crippen LogP contribution in [0.15, 0.2) is 78.9 Å². The normalized spacial score (nSPS) is 11.8. The van der Waals surface area contributed by atoms with E-state index in [9.17, 15) is 14.7 Å². The number of aliphatic carboxylic acids is 1. The van der Waals surface area contributed by atoms with E-state index < -0.39 is 11.6 Å². The van der Waals surface area contributed by atoms with Crippen LogP contribution >= 0.6 is 0 Å². The summed E-state index contributed by atoms with van der Waals surface area (Å²) in [5.41, 5.74) is 4.80. The second kappa shape index (κ2) is 11.4. The molecule has 0 aliphatic carbocycles. The van der Waals surface area contributed by atoms with Gasteiger partial charge in [-0.2, -0.15) is 5.10 Å². The molecule has 0 fully saturated rings. The van der Waals surface area contributed by atoms with E-state index >= 15 is 0 Å². The minimum absolute atomic E-state index is 0.0470. The number of amides is 1. The van der Waals surface area contributed by atoms with Crippen molar-refractivity contribution >= 4 is 11.9 Å². The molecule has 4 aromatic rings. The number of nitrogens with zero attached hydrogens (tertiary/aromatic N) is 2. The topological polar surface area (TPSA) is 93.5 Å². The Hall–Kier alpha value is -4.39. The Morgan fingerprint density at radius 1 is 0.900 bits per heavy atom. The SMILES string of the molecule is Cc1cc(CNC(=O)c2cc(-c3ccc(C(C)(C)C)cc3)nn2Cc2ccccc2)ccc1OC(C)(C)C(=O)O. The lowest BCUT2D eigenvalue weighted by molar-refractivity contribution is -0.152. The molecule has 0 spiro atoms. The van der Waals surface area contributed by atoms with Crippen molar-refractivity contribution in [3.63, 3.8) is 0 Å². The van der Waals surface area contributed by atoms with Gasteiger partial charge in [0, 0.05) is 12.1 Å². The summed E-state index contributed by atoms with van der Waals surface area (Å²) in [6.07, 6.45) is 0. The van der Waals surface area contributed by atoms with Crippen LogP contribution in [0.1, 0.15) is 67.4 Å². The van der Waals surface area contributed by atoms with Crippen LogP contribution in [0.25, 0.3) is 11.3 Å². The van der Waals surface area contributed by atoms with Crippen molar-refractivity contribution in [1.82, 2.24) is 15.1 Å². The first-order chi connectivity index (χ1) is 18.8. The Morgan fingerprint density at radius 2 is 1.57 bits per heavy atom. The summed E-state index contributed by atoms with van der Waals surface area (Å²) in [7, 11) is 0. The van der Waals surface area contributed by atoms with Gasteiger partial charge in [0.1, 0.15) is 11.4 Å². The van der Waals surface area contributed by atoms with Gasteiger partial charge in [0.25, 0.3) is 5.91 Å². The molecule has 0 unspecified atom stereocenters. The average molecular weight is 540 g/mol. The van der Waals surface area contributed by atoms with Crippen LogP contribution in [0, 0.1) is 6.92 Å². The predicted molar refractivity (Wildman–Crippen MR) is 157 cm³/mol. The molecule has 1 aromatic heterocycles. The van der Waals surface area contributed by atoms with Crippen LogP contribution in [-0.4, -0.2) is 32.4 Å². The van der Waals surface area contributed by atoms with E-state index in [1.54, 1.807) is 10.7 Å². The third-order valence-electron chi connectivity index (χ3n) is 6.81. The highest BCUT2D eigenvalue weighted by atomic mass is 16.5. The molecule has 2 N–H and O–H groups in total. The molecule has 0 saturated heterocycles. The van der Waals surface area contributed by atoms with Gasteiger partial charge in [0.15, 0.2) is 5.60 Å². The zero-order valence-corrected chi connectivity index (χ0v) is 24.0. The molecule has 0 aliphatic rings. The molecule has 0 atom stereocenters. The van der Waals surface area contributed by atoms with E-state index in [-0.39, 0.29) is 11.3 Å². The number of carboxylic acids is 1. The second-order valence-electron chi connectivity index (χ2n) is 11.6. The maximum atomic E-state index is 13.4. The first kappa shape index (κ1) is 28.6. The van der Waals surface area contributed by atoms with E-state index in [4.69, 9.17) is 9.84 Å². The fourth-order valence-electron chi connectivity index (χ4n) is 4.29. The summed E-state index contributed by atoms with van der Waals surface area (Å²) < 4.78 is 7.43. The number of carbonyl (C=O) groups excluding carboxylic acids is 1. The van der Waals surface area contributed by atoms with Crippen LogP contribution in [0.2, 0.25) is 0 Å². The van der Waals surface area contributed by atoms with Gasteiger partial charge >= 0.3 is 5.97 Å². The summed E-state index contributed by atoms with van der Waals surface area (Å²) >= 11 is 0. The Bertz CT molecular complexity index is 1500. The number of ether oxygens (including phenoxy) is 1. The number of carboxylic acid groups (broad SMARTS) is 1.